The van der Waals surface area contributed by atoms with E-state index in [-0.39, 0.29) is 17.1 Å². The normalized spacial score (nSPS) is 15.0. The van der Waals surface area contributed by atoms with E-state index >= 15 is 0 Å². The molecule has 0 saturated carbocycles. The van der Waals surface area contributed by atoms with Gasteiger partial charge in [-0.1, -0.05) is 11.6 Å². The first-order valence-corrected chi connectivity index (χ1v) is 9.09. The molecule has 0 aromatic carbocycles. The van der Waals surface area contributed by atoms with E-state index in [4.69, 9.17) is 22.1 Å². The molecule has 1 aliphatic rings. The minimum Gasteiger partial charge on any atom is -0.444 e. The van der Waals surface area contributed by atoms with Crippen molar-refractivity contribution in [3.05, 3.63) is 29.5 Å². The third-order valence-corrected chi connectivity index (χ3v) is 4.29. The van der Waals surface area contributed by atoms with Crippen molar-refractivity contribution >= 4 is 29.2 Å². The summed E-state index contributed by atoms with van der Waals surface area (Å²) >= 11 is 5.93. The van der Waals surface area contributed by atoms with Crippen molar-refractivity contribution in [3.8, 4) is 11.3 Å². The smallest absolute Gasteiger partial charge is 0.410 e. The van der Waals surface area contributed by atoms with Crippen LogP contribution in [0.25, 0.3) is 11.3 Å². The molecule has 27 heavy (non-hydrogen) atoms. The van der Waals surface area contributed by atoms with E-state index in [0.717, 1.165) is 5.69 Å². The number of rotatable bonds is 2. The maximum Gasteiger partial charge on any atom is 0.410 e. The summed E-state index contributed by atoms with van der Waals surface area (Å²) in [7, 11) is 0. The monoisotopic (exact) mass is 390 g/mol. The number of nitrogen functional groups attached to an aromatic ring is 1. The molecule has 1 saturated heterocycles. The van der Waals surface area contributed by atoms with Gasteiger partial charge in [0.1, 0.15) is 5.60 Å². The molecule has 3 heterocycles. The molecule has 0 radical (unpaired) electrons. The van der Waals surface area contributed by atoms with Gasteiger partial charge in [0.05, 0.1) is 5.69 Å². The van der Waals surface area contributed by atoms with Gasteiger partial charge in [0.2, 0.25) is 0 Å². The summed E-state index contributed by atoms with van der Waals surface area (Å²) in [5.74, 6) is 0.277. The molecule has 0 bridgehead atoms. The molecular formula is C18H23ClN6O2. The molecule has 1 amide bonds. The zero-order valence-corrected chi connectivity index (χ0v) is 16.4. The third kappa shape index (κ3) is 4.77. The first kappa shape index (κ1) is 19.2. The number of nitrogens with zero attached hydrogens (tertiary/aromatic N) is 5. The summed E-state index contributed by atoms with van der Waals surface area (Å²) < 4.78 is 5.44. The first-order valence-electron chi connectivity index (χ1n) is 8.71. The fourth-order valence-corrected chi connectivity index (χ4v) is 2.97. The molecule has 1 fully saturated rings. The second kappa shape index (κ2) is 7.56. The lowest BCUT2D eigenvalue weighted by atomic mass is 10.1. The maximum absolute atomic E-state index is 12.2. The standard InChI is InChI=1S/C18H23ClN6O2/c1-18(2,3)27-17(26)25-8-6-24(7-9-25)12-4-5-21-14(10-12)13-11-15(19)22-23-16(13)20/h4-5,10-11H,6-9H2,1-3H3,(H2,20,23). The Morgan fingerprint density at radius 2 is 1.89 bits per heavy atom. The van der Waals surface area contributed by atoms with E-state index in [0.29, 0.717) is 37.4 Å². The van der Waals surface area contributed by atoms with Crippen LogP contribution in [0.4, 0.5) is 16.3 Å². The summed E-state index contributed by atoms with van der Waals surface area (Å²) in [5.41, 5.74) is 7.73. The Morgan fingerprint density at radius 3 is 2.56 bits per heavy atom. The molecule has 144 valence electrons. The largest absolute Gasteiger partial charge is 0.444 e. The number of carbonyl (C=O) groups excluding carboxylic acids is 1. The lowest BCUT2D eigenvalue weighted by molar-refractivity contribution is 0.0240. The number of amides is 1. The number of hydrogen-bond acceptors (Lipinski definition) is 7. The Hall–Kier alpha value is -2.61. The lowest BCUT2D eigenvalue weighted by Crippen LogP contribution is -2.50. The van der Waals surface area contributed by atoms with Gasteiger partial charge in [-0.3, -0.25) is 4.98 Å². The van der Waals surface area contributed by atoms with Crippen molar-refractivity contribution in [2.45, 2.75) is 26.4 Å². The molecule has 0 atom stereocenters. The molecule has 2 aromatic rings. The van der Waals surface area contributed by atoms with Crippen LogP contribution in [0.2, 0.25) is 5.15 Å². The van der Waals surface area contributed by atoms with Crippen molar-refractivity contribution in [3.63, 3.8) is 0 Å². The number of ether oxygens (including phenoxy) is 1. The van der Waals surface area contributed by atoms with Gasteiger partial charge >= 0.3 is 6.09 Å². The molecule has 8 nitrogen and oxygen atoms in total. The van der Waals surface area contributed by atoms with Gasteiger partial charge in [-0.15, -0.1) is 10.2 Å². The number of carbonyl (C=O) groups is 1. The van der Waals surface area contributed by atoms with Gasteiger partial charge in [-0.2, -0.15) is 0 Å². The van der Waals surface area contributed by atoms with Crippen LogP contribution in [0.15, 0.2) is 24.4 Å². The van der Waals surface area contributed by atoms with Crippen molar-refractivity contribution < 1.29 is 9.53 Å². The summed E-state index contributed by atoms with van der Waals surface area (Å²) in [6.45, 7) is 8.19. The average Bonchev–Trinajstić information content (AvgIpc) is 2.62. The summed E-state index contributed by atoms with van der Waals surface area (Å²) in [6, 6.07) is 5.52. The Labute approximate surface area is 163 Å². The number of aromatic nitrogens is 3. The van der Waals surface area contributed by atoms with E-state index < -0.39 is 5.60 Å². The van der Waals surface area contributed by atoms with Crippen LogP contribution in [-0.2, 0) is 4.74 Å². The van der Waals surface area contributed by atoms with Crippen LogP contribution in [0.3, 0.4) is 0 Å². The second-order valence-corrected chi connectivity index (χ2v) is 7.71. The quantitative estimate of drug-likeness (QED) is 0.841. The predicted molar refractivity (Wildman–Crippen MR) is 105 cm³/mol. The Bertz CT molecular complexity index is 831. The molecule has 1 aliphatic heterocycles. The minimum absolute atomic E-state index is 0.261. The molecular weight excluding hydrogens is 368 g/mol. The number of halogens is 1. The van der Waals surface area contributed by atoms with Crippen molar-refractivity contribution in [2.24, 2.45) is 0 Å². The molecule has 0 spiro atoms. The van der Waals surface area contributed by atoms with Gasteiger partial charge in [0.15, 0.2) is 11.0 Å². The third-order valence-electron chi connectivity index (χ3n) is 4.11. The lowest BCUT2D eigenvalue weighted by Gasteiger charge is -2.36. The van der Waals surface area contributed by atoms with E-state index in [2.05, 4.69) is 20.1 Å². The van der Waals surface area contributed by atoms with Crippen LogP contribution < -0.4 is 10.6 Å². The van der Waals surface area contributed by atoms with Gasteiger partial charge < -0.3 is 20.3 Å². The van der Waals surface area contributed by atoms with Crippen LogP contribution in [0, 0.1) is 0 Å². The Balaban J connectivity index is 1.70. The number of anilines is 2. The SMILES string of the molecule is CC(C)(C)OC(=O)N1CCN(c2ccnc(-c3cc(Cl)nnc3N)c2)CC1. The van der Waals surface area contributed by atoms with Crippen LogP contribution in [0.5, 0.6) is 0 Å². The zero-order chi connectivity index (χ0) is 19.6. The highest BCUT2D eigenvalue weighted by Crippen LogP contribution is 2.27. The predicted octanol–water partition coefficient (Wildman–Crippen LogP) is 2.83. The van der Waals surface area contributed by atoms with Crippen molar-refractivity contribution in [1.82, 2.24) is 20.1 Å². The van der Waals surface area contributed by atoms with Gasteiger partial charge in [-0.25, -0.2) is 4.79 Å². The summed E-state index contributed by atoms with van der Waals surface area (Å²) in [5, 5.41) is 7.83. The van der Waals surface area contributed by atoms with Gasteiger partial charge in [-0.05, 0) is 39.0 Å². The summed E-state index contributed by atoms with van der Waals surface area (Å²) in [6.07, 6.45) is 1.45. The second-order valence-electron chi connectivity index (χ2n) is 7.32. The Kier molecular flexibility index (Phi) is 5.36. The molecule has 9 heteroatoms. The van der Waals surface area contributed by atoms with Crippen molar-refractivity contribution in [1.29, 1.82) is 0 Å². The minimum atomic E-state index is -0.492. The van der Waals surface area contributed by atoms with Gasteiger partial charge in [0.25, 0.3) is 0 Å². The van der Waals surface area contributed by atoms with Gasteiger partial charge in [0, 0.05) is 43.6 Å². The van der Waals surface area contributed by atoms with Crippen molar-refractivity contribution in [2.75, 3.05) is 36.8 Å². The number of hydrogen-bond donors (Lipinski definition) is 1. The average molecular weight is 391 g/mol. The zero-order valence-electron chi connectivity index (χ0n) is 15.6. The van der Waals surface area contributed by atoms with E-state index in [1.807, 2.05) is 32.9 Å². The fraction of sp³-hybridized carbons (Fsp3) is 0.444. The van der Waals surface area contributed by atoms with Crippen LogP contribution >= 0.6 is 11.6 Å². The highest BCUT2D eigenvalue weighted by Gasteiger charge is 2.26. The van der Waals surface area contributed by atoms with E-state index in [1.165, 1.54) is 0 Å². The molecule has 0 aliphatic carbocycles. The molecule has 0 unspecified atom stereocenters. The van der Waals surface area contributed by atoms with E-state index in [9.17, 15) is 4.79 Å². The molecule has 2 N–H and O–H groups in total. The van der Waals surface area contributed by atoms with E-state index in [1.54, 1.807) is 17.2 Å². The fourth-order valence-electron chi connectivity index (χ4n) is 2.82. The molecule has 2 aromatic heterocycles. The first-order chi connectivity index (χ1) is 12.7. The highest BCUT2D eigenvalue weighted by molar-refractivity contribution is 6.29. The highest BCUT2D eigenvalue weighted by atomic mass is 35.5. The number of pyridine rings is 1. The number of piperazine rings is 1. The molecule has 3 rings (SSSR count). The topological polar surface area (TPSA) is 97.5 Å². The van der Waals surface area contributed by atoms with Crippen LogP contribution in [0.1, 0.15) is 20.8 Å². The number of nitrogens with two attached hydrogens (primary N) is 1. The van der Waals surface area contributed by atoms with Crippen LogP contribution in [-0.4, -0.2) is 58.0 Å². The maximum atomic E-state index is 12.2. The summed E-state index contributed by atoms with van der Waals surface area (Å²) in [4.78, 5) is 20.5. The Morgan fingerprint density at radius 1 is 1.19 bits per heavy atom.